The lowest BCUT2D eigenvalue weighted by molar-refractivity contribution is -0.870. The van der Waals surface area contributed by atoms with Gasteiger partial charge in [0.2, 0.25) is 0 Å². The molecule has 67 heavy (non-hydrogen) atoms. The summed E-state index contributed by atoms with van der Waals surface area (Å²) in [4.78, 5) is 37.1. The van der Waals surface area contributed by atoms with E-state index < -0.39 is 24.3 Å². The number of carboxylic acids is 1. The summed E-state index contributed by atoms with van der Waals surface area (Å²) in [7, 11) is 5.92. The Morgan fingerprint density at radius 2 is 0.851 bits per heavy atom. The van der Waals surface area contributed by atoms with Gasteiger partial charge >= 0.3 is 11.9 Å². The summed E-state index contributed by atoms with van der Waals surface area (Å²) in [6.07, 6.45) is 58.5. The third kappa shape index (κ3) is 50.7. The van der Waals surface area contributed by atoms with Crippen molar-refractivity contribution in [3.05, 3.63) is 60.8 Å². The first kappa shape index (κ1) is 64.0. The Labute approximate surface area is 412 Å². The van der Waals surface area contributed by atoms with Crippen molar-refractivity contribution in [3.8, 4) is 0 Å². The molecule has 0 aromatic carbocycles. The Hall–Kier alpha value is -3.01. The van der Waals surface area contributed by atoms with Crippen molar-refractivity contribution in [1.82, 2.24) is 0 Å². The molecule has 0 aromatic heterocycles. The molecule has 0 aliphatic carbocycles. The fraction of sp³-hybridized carbons (Fsp3) is 0.776. The molecule has 0 bridgehead atoms. The van der Waals surface area contributed by atoms with Crippen LogP contribution in [0.25, 0.3) is 0 Å². The molecule has 0 aromatic rings. The van der Waals surface area contributed by atoms with E-state index in [4.69, 9.17) is 18.9 Å². The molecule has 0 radical (unpaired) electrons. The molecule has 0 saturated heterocycles. The number of carboxylic acid groups (broad SMARTS) is 1. The maximum atomic E-state index is 12.8. The van der Waals surface area contributed by atoms with E-state index in [1.807, 2.05) is 21.1 Å². The van der Waals surface area contributed by atoms with E-state index in [1.54, 1.807) is 0 Å². The maximum Gasteiger partial charge on any atom is 0.306 e. The SMILES string of the molecule is CC/C=C\C/C=C\C/C=C\C/C=C\C/C=C\CCCCCCCCCCCCCCCCCC(=O)OC(COC(=O)CCCCCCCCCCCCC)COC(OCC[N+](C)(C)C)C(=O)[O-]. The van der Waals surface area contributed by atoms with Crippen molar-refractivity contribution < 1.29 is 42.9 Å². The minimum Gasteiger partial charge on any atom is -0.545 e. The fourth-order valence-electron chi connectivity index (χ4n) is 7.56. The highest BCUT2D eigenvalue weighted by atomic mass is 16.7. The zero-order valence-corrected chi connectivity index (χ0v) is 44.0. The number of quaternary nitrogens is 1. The fourth-order valence-corrected chi connectivity index (χ4v) is 7.56. The minimum absolute atomic E-state index is 0.148. The number of hydrogen-bond donors (Lipinski definition) is 0. The topological polar surface area (TPSA) is 111 Å². The normalized spacial score (nSPS) is 13.3. The Balaban J connectivity index is 4.12. The van der Waals surface area contributed by atoms with Gasteiger partial charge in [0, 0.05) is 12.8 Å². The second-order valence-electron chi connectivity index (χ2n) is 19.5. The summed E-state index contributed by atoms with van der Waals surface area (Å²) in [5.41, 5.74) is 0. The van der Waals surface area contributed by atoms with Gasteiger partial charge in [0.1, 0.15) is 13.2 Å². The summed E-state index contributed by atoms with van der Waals surface area (Å²) in [5, 5.41) is 11.7. The van der Waals surface area contributed by atoms with Gasteiger partial charge in [-0.2, -0.15) is 0 Å². The Morgan fingerprint density at radius 1 is 0.463 bits per heavy atom. The molecule has 2 atom stereocenters. The van der Waals surface area contributed by atoms with Gasteiger partial charge in [0.15, 0.2) is 12.4 Å². The molecule has 9 heteroatoms. The van der Waals surface area contributed by atoms with Crippen LogP contribution in [0.15, 0.2) is 60.8 Å². The Kier molecular flexibility index (Phi) is 47.2. The van der Waals surface area contributed by atoms with Gasteiger partial charge in [0.25, 0.3) is 0 Å². The van der Waals surface area contributed by atoms with Gasteiger partial charge in [0.05, 0.1) is 40.3 Å². The van der Waals surface area contributed by atoms with Gasteiger partial charge in [-0.3, -0.25) is 9.59 Å². The lowest BCUT2D eigenvalue weighted by atomic mass is 10.0. The van der Waals surface area contributed by atoms with Crippen molar-refractivity contribution in [2.75, 3.05) is 47.5 Å². The predicted octanol–water partition coefficient (Wildman–Crippen LogP) is 14.3. The lowest BCUT2D eigenvalue weighted by Gasteiger charge is -2.26. The van der Waals surface area contributed by atoms with E-state index in [9.17, 15) is 19.5 Å². The molecule has 0 aliphatic heterocycles. The number of likely N-dealkylation sites (N-methyl/N-ethyl adjacent to an activating group) is 1. The largest absolute Gasteiger partial charge is 0.545 e. The lowest BCUT2D eigenvalue weighted by Crippen LogP contribution is -2.44. The molecular formula is C58H103NO8. The number of hydrogen-bond acceptors (Lipinski definition) is 8. The summed E-state index contributed by atoms with van der Waals surface area (Å²) in [5.74, 6) is -2.28. The smallest absolute Gasteiger partial charge is 0.306 e. The van der Waals surface area contributed by atoms with Crippen LogP contribution in [0.1, 0.15) is 232 Å². The zero-order valence-electron chi connectivity index (χ0n) is 44.0. The van der Waals surface area contributed by atoms with Crippen LogP contribution >= 0.6 is 0 Å². The van der Waals surface area contributed by atoms with E-state index in [2.05, 4.69) is 74.6 Å². The highest BCUT2D eigenvalue weighted by Gasteiger charge is 2.22. The number of esters is 2. The number of aliphatic carboxylic acids is 1. The van der Waals surface area contributed by atoms with Crippen LogP contribution in [0.4, 0.5) is 0 Å². The van der Waals surface area contributed by atoms with Crippen LogP contribution in [0.3, 0.4) is 0 Å². The zero-order chi connectivity index (χ0) is 49.2. The first-order valence-electron chi connectivity index (χ1n) is 27.4. The van der Waals surface area contributed by atoms with Crippen molar-refractivity contribution in [3.63, 3.8) is 0 Å². The van der Waals surface area contributed by atoms with Gasteiger partial charge in [-0.1, -0.05) is 222 Å². The molecule has 0 rings (SSSR count). The number of unbranched alkanes of at least 4 members (excludes halogenated alkanes) is 25. The minimum atomic E-state index is -1.62. The molecule has 388 valence electrons. The molecule has 0 spiro atoms. The van der Waals surface area contributed by atoms with Crippen LogP contribution in [-0.2, 0) is 33.3 Å². The van der Waals surface area contributed by atoms with Crippen LogP contribution in [0.2, 0.25) is 0 Å². The van der Waals surface area contributed by atoms with Gasteiger partial charge < -0.3 is 33.3 Å². The van der Waals surface area contributed by atoms with Crippen LogP contribution in [0.5, 0.6) is 0 Å². The first-order valence-corrected chi connectivity index (χ1v) is 27.4. The highest BCUT2D eigenvalue weighted by molar-refractivity contribution is 5.70. The number of nitrogens with zero attached hydrogens (tertiary/aromatic N) is 1. The Morgan fingerprint density at radius 3 is 1.27 bits per heavy atom. The van der Waals surface area contributed by atoms with Crippen LogP contribution < -0.4 is 5.11 Å². The summed E-state index contributed by atoms with van der Waals surface area (Å²) in [6.45, 7) is 4.63. The molecule has 0 saturated carbocycles. The average molecular weight is 942 g/mol. The third-order valence-electron chi connectivity index (χ3n) is 11.8. The van der Waals surface area contributed by atoms with Crippen molar-refractivity contribution in [2.24, 2.45) is 0 Å². The molecule has 0 amide bonds. The van der Waals surface area contributed by atoms with Crippen LogP contribution in [0, 0.1) is 0 Å². The molecule has 0 N–H and O–H groups in total. The summed E-state index contributed by atoms with van der Waals surface area (Å²) < 4.78 is 22.6. The Bertz CT molecular complexity index is 1280. The van der Waals surface area contributed by atoms with Crippen molar-refractivity contribution >= 4 is 17.9 Å². The van der Waals surface area contributed by atoms with E-state index >= 15 is 0 Å². The van der Waals surface area contributed by atoms with E-state index in [-0.39, 0.29) is 32.2 Å². The second-order valence-corrected chi connectivity index (χ2v) is 19.5. The van der Waals surface area contributed by atoms with Crippen LogP contribution in [-0.4, -0.2) is 82.3 Å². The molecular weight excluding hydrogens is 839 g/mol. The molecule has 0 aliphatic rings. The second kappa shape index (κ2) is 49.4. The van der Waals surface area contributed by atoms with E-state index in [0.717, 1.165) is 64.2 Å². The number of carbonyl (C=O) groups is 3. The number of rotatable bonds is 50. The standard InChI is InChI=1S/C58H103NO8/c1-6-8-10-12-14-16-18-19-20-21-22-23-24-25-26-27-28-29-30-31-32-33-34-35-36-37-39-41-43-45-47-49-56(61)67-54(53-66-58(57(62)63)64-51-50-59(3,4)5)52-65-55(60)48-46-44-42-40-38-17-15-13-11-9-7-2/h8,10,14,16,19-20,22-23,25-26,54,58H,6-7,9,11-13,15,17-18,21,24,27-53H2,1-5H3/b10-8-,16-14-,20-19-,23-22-,26-25-. The molecule has 9 nitrogen and oxygen atoms in total. The maximum absolute atomic E-state index is 12.8. The summed E-state index contributed by atoms with van der Waals surface area (Å²) in [6, 6.07) is 0. The van der Waals surface area contributed by atoms with Gasteiger partial charge in [-0.05, 0) is 57.8 Å². The molecule has 0 heterocycles. The number of ether oxygens (including phenoxy) is 4. The van der Waals surface area contributed by atoms with E-state index in [0.29, 0.717) is 23.9 Å². The number of allylic oxidation sites excluding steroid dienone is 10. The highest BCUT2D eigenvalue weighted by Crippen LogP contribution is 2.16. The molecule has 2 unspecified atom stereocenters. The van der Waals surface area contributed by atoms with Crippen molar-refractivity contribution in [2.45, 2.75) is 245 Å². The monoisotopic (exact) mass is 942 g/mol. The van der Waals surface area contributed by atoms with E-state index in [1.165, 1.54) is 135 Å². The summed E-state index contributed by atoms with van der Waals surface area (Å²) >= 11 is 0. The van der Waals surface area contributed by atoms with Gasteiger partial charge in [-0.25, -0.2) is 0 Å². The molecule has 0 fully saturated rings. The first-order chi connectivity index (χ1) is 32.6. The average Bonchev–Trinajstić information content (AvgIpc) is 3.29. The van der Waals surface area contributed by atoms with Gasteiger partial charge in [-0.15, -0.1) is 0 Å². The quantitative estimate of drug-likeness (QED) is 0.0195. The predicted molar refractivity (Wildman–Crippen MR) is 278 cm³/mol. The van der Waals surface area contributed by atoms with Crippen molar-refractivity contribution in [1.29, 1.82) is 0 Å². The third-order valence-corrected chi connectivity index (χ3v) is 11.8. The number of carbonyl (C=O) groups excluding carboxylic acids is 3.